The Morgan fingerprint density at radius 3 is 2.50 bits per heavy atom. The van der Waals surface area contributed by atoms with E-state index in [1.807, 2.05) is 6.08 Å². The van der Waals surface area contributed by atoms with Gasteiger partial charge in [-0.05, 0) is 12.0 Å². The summed E-state index contributed by atoms with van der Waals surface area (Å²) in [5, 5.41) is 0. The first-order valence-corrected chi connectivity index (χ1v) is 4.45. The van der Waals surface area contributed by atoms with Gasteiger partial charge in [-0.2, -0.15) is 0 Å². The fourth-order valence-electron chi connectivity index (χ4n) is 2.58. The molecule has 4 bridgehead atoms. The third-order valence-corrected chi connectivity index (χ3v) is 3.20. The maximum absolute atomic E-state index is 11.5. The van der Waals surface area contributed by atoms with Crippen molar-refractivity contribution < 1.29 is 4.79 Å². The molecule has 0 aromatic carbocycles. The summed E-state index contributed by atoms with van der Waals surface area (Å²) in [6.07, 6.45) is 12.6. The molecule has 0 saturated carbocycles. The van der Waals surface area contributed by atoms with Gasteiger partial charge in [0, 0.05) is 17.8 Å². The lowest BCUT2D eigenvalue weighted by Crippen LogP contribution is -2.33. The van der Waals surface area contributed by atoms with Crippen LogP contribution in [0.1, 0.15) is 0 Å². The molecule has 0 fully saturated rings. The van der Waals surface area contributed by atoms with E-state index in [-0.39, 0.29) is 5.92 Å². The number of carbonyl (C=O) groups is 1. The van der Waals surface area contributed by atoms with Gasteiger partial charge in [-0.25, -0.2) is 0 Å². The third-order valence-electron chi connectivity index (χ3n) is 3.20. The maximum atomic E-state index is 11.5. The quantitative estimate of drug-likeness (QED) is 0.491. The van der Waals surface area contributed by atoms with E-state index in [2.05, 4.69) is 24.3 Å². The fraction of sp³-hybridized carbons (Fsp3) is 0.364. The van der Waals surface area contributed by atoms with Gasteiger partial charge in [0.25, 0.3) is 0 Å². The van der Waals surface area contributed by atoms with Crippen LogP contribution in [0.5, 0.6) is 0 Å². The molecule has 0 aromatic rings. The molecule has 0 spiro atoms. The van der Waals surface area contributed by atoms with E-state index in [9.17, 15) is 4.79 Å². The van der Waals surface area contributed by atoms with Crippen LogP contribution in [0.2, 0.25) is 0 Å². The van der Waals surface area contributed by atoms with Crippen LogP contribution in [-0.2, 0) is 4.79 Å². The molecule has 0 amide bonds. The highest BCUT2D eigenvalue weighted by Crippen LogP contribution is 2.44. The van der Waals surface area contributed by atoms with Crippen LogP contribution in [0, 0.1) is 23.7 Å². The van der Waals surface area contributed by atoms with Crippen molar-refractivity contribution in [3.05, 3.63) is 36.5 Å². The normalized spacial score (nSPS) is 47.2. The third kappa shape index (κ3) is 0.619. The molecule has 0 aromatic heterocycles. The maximum Gasteiger partial charge on any atom is 0.159 e. The van der Waals surface area contributed by atoms with Crippen molar-refractivity contribution in [2.24, 2.45) is 23.7 Å². The molecule has 60 valence electrons. The van der Waals surface area contributed by atoms with Crippen LogP contribution in [0.3, 0.4) is 0 Å². The molecule has 3 aliphatic carbocycles. The van der Waals surface area contributed by atoms with Gasteiger partial charge in [0.2, 0.25) is 0 Å². The molecule has 4 unspecified atom stereocenters. The number of carbonyl (C=O) groups excluding carboxylic acids is 1. The summed E-state index contributed by atoms with van der Waals surface area (Å²) in [6.45, 7) is 0. The highest BCUT2D eigenvalue weighted by molar-refractivity contribution is 5.94. The molecular weight excluding hydrogens is 148 g/mol. The van der Waals surface area contributed by atoms with E-state index in [1.54, 1.807) is 6.08 Å². The molecule has 0 radical (unpaired) electrons. The van der Waals surface area contributed by atoms with E-state index in [0.29, 0.717) is 23.5 Å². The van der Waals surface area contributed by atoms with Crippen LogP contribution in [0.15, 0.2) is 36.5 Å². The van der Waals surface area contributed by atoms with Crippen molar-refractivity contribution in [1.82, 2.24) is 0 Å². The van der Waals surface area contributed by atoms with Crippen molar-refractivity contribution >= 4 is 5.78 Å². The van der Waals surface area contributed by atoms with Crippen LogP contribution >= 0.6 is 0 Å². The highest BCUT2D eigenvalue weighted by Gasteiger charge is 2.42. The summed E-state index contributed by atoms with van der Waals surface area (Å²) in [7, 11) is 0. The Kier molecular flexibility index (Phi) is 1.06. The summed E-state index contributed by atoms with van der Waals surface area (Å²) >= 11 is 0. The SMILES string of the molecule is O=C1C=CC2C=CC3C=CC2C13. The lowest BCUT2D eigenvalue weighted by atomic mass is 9.70. The summed E-state index contributed by atoms with van der Waals surface area (Å²) in [5.74, 6) is 1.91. The molecule has 1 nitrogen and oxygen atoms in total. The Labute approximate surface area is 71.5 Å². The predicted octanol–water partition coefficient (Wildman–Crippen LogP) is 1.73. The molecule has 0 heterocycles. The van der Waals surface area contributed by atoms with Crippen molar-refractivity contribution in [3.8, 4) is 0 Å². The largest absolute Gasteiger partial charge is 0.294 e. The standard InChI is InChI=1S/C11H10O/c12-10-6-4-7-1-2-8-3-5-9(7)11(8)10/h1-9,11H. The monoisotopic (exact) mass is 158 g/mol. The summed E-state index contributed by atoms with van der Waals surface area (Å²) in [4.78, 5) is 11.5. The van der Waals surface area contributed by atoms with Gasteiger partial charge in [0.05, 0.1) is 0 Å². The molecule has 12 heavy (non-hydrogen) atoms. The number of hydrogen-bond acceptors (Lipinski definition) is 1. The lowest BCUT2D eigenvalue weighted by Gasteiger charge is -2.32. The van der Waals surface area contributed by atoms with E-state index in [1.165, 1.54) is 0 Å². The van der Waals surface area contributed by atoms with E-state index < -0.39 is 0 Å². The number of rotatable bonds is 0. The van der Waals surface area contributed by atoms with E-state index >= 15 is 0 Å². The first kappa shape index (κ1) is 6.41. The zero-order valence-electron chi connectivity index (χ0n) is 6.68. The van der Waals surface area contributed by atoms with Gasteiger partial charge in [-0.15, -0.1) is 0 Å². The topological polar surface area (TPSA) is 17.1 Å². The van der Waals surface area contributed by atoms with Gasteiger partial charge in [-0.3, -0.25) is 4.79 Å². The molecular formula is C11H10O. The molecule has 4 atom stereocenters. The number of allylic oxidation sites excluding steroid dienone is 6. The summed E-state index contributed by atoms with van der Waals surface area (Å²) < 4.78 is 0. The summed E-state index contributed by atoms with van der Waals surface area (Å²) in [6, 6.07) is 0. The first-order chi connectivity index (χ1) is 5.86. The zero-order chi connectivity index (χ0) is 8.13. The predicted molar refractivity (Wildman–Crippen MR) is 46.4 cm³/mol. The zero-order valence-corrected chi connectivity index (χ0v) is 6.68. The molecule has 3 rings (SSSR count). The van der Waals surface area contributed by atoms with Crippen LogP contribution in [-0.4, -0.2) is 5.78 Å². The Morgan fingerprint density at radius 2 is 1.67 bits per heavy atom. The molecule has 3 aliphatic rings. The Hall–Kier alpha value is -1.11. The second-order valence-electron chi connectivity index (χ2n) is 3.79. The average molecular weight is 158 g/mol. The Bertz CT molecular complexity index is 322. The molecule has 1 heteroatoms. The minimum atomic E-state index is 0.241. The van der Waals surface area contributed by atoms with E-state index in [4.69, 9.17) is 0 Å². The van der Waals surface area contributed by atoms with Gasteiger partial charge in [0.1, 0.15) is 0 Å². The van der Waals surface area contributed by atoms with Gasteiger partial charge < -0.3 is 0 Å². The summed E-state index contributed by atoms with van der Waals surface area (Å²) in [5.41, 5.74) is 0. The Morgan fingerprint density at radius 1 is 0.917 bits per heavy atom. The fourth-order valence-corrected chi connectivity index (χ4v) is 2.58. The average Bonchev–Trinajstić information content (AvgIpc) is 2.38. The van der Waals surface area contributed by atoms with Crippen molar-refractivity contribution in [2.75, 3.05) is 0 Å². The Balaban J connectivity index is 2.16. The minimum Gasteiger partial charge on any atom is -0.294 e. The van der Waals surface area contributed by atoms with Crippen molar-refractivity contribution in [3.63, 3.8) is 0 Å². The van der Waals surface area contributed by atoms with Crippen molar-refractivity contribution in [2.45, 2.75) is 0 Å². The van der Waals surface area contributed by atoms with Crippen LogP contribution in [0.25, 0.3) is 0 Å². The van der Waals surface area contributed by atoms with Crippen LogP contribution < -0.4 is 0 Å². The van der Waals surface area contributed by atoms with Crippen molar-refractivity contribution in [1.29, 1.82) is 0 Å². The van der Waals surface area contributed by atoms with Crippen LogP contribution in [0.4, 0.5) is 0 Å². The second kappa shape index (κ2) is 1.98. The minimum absolute atomic E-state index is 0.241. The number of ketones is 1. The molecule has 0 N–H and O–H groups in total. The van der Waals surface area contributed by atoms with Gasteiger partial charge in [0.15, 0.2) is 5.78 Å². The van der Waals surface area contributed by atoms with E-state index in [0.717, 1.165) is 0 Å². The smallest absolute Gasteiger partial charge is 0.159 e. The highest BCUT2D eigenvalue weighted by atomic mass is 16.1. The van der Waals surface area contributed by atoms with Gasteiger partial charge >= 0.3 is 0 Å². The molecule has 0 saturated heterocycles. The number of hydrogen-bond donors (Lipinski definition) is 0. The second-order valence-corrected chi connectivity index (χ2v) is 3.79. The van der Waals surface area contributed by atoms with Gasteiger partial charge in [-0.1, -0.05) is 30.4 Å². The molecule has 0 aliphatic heterocycles. The first-order valence-electron chi connectivity index (χ1n) is 4.45. The lowest BCUT2D eigenvalue weighted by molar-refractivity contribution is -0.120.